The number of anilines is 2. The van der Waals surface area contributed by atoms with Crippen LogP contribution < -0.4 is 5.32 Å². The van der Waals surface area contributed by atoms with E-state index in [1.807, 2.05) is 0 Å². The van der Waals surface area contributed by atoms with Crippen LogP contribution in [0.3, 0.4) is 0 Å². The van der Waals surface area contributed by atoms with Crippen LogP contribution in [0.4, 0.5) is 33.5 Å². The van der Waals surface area contributed by atoms with Crippen molar-refractivity contribution in [3.63, 3.8) is 0 Å². The van der Waals surface area contributed by atoms with E-state index in [-0.39, 0.29) is 28.4 Å². The Morgan fingerprint density at radius 2 is 1.71 bits per heavy atom. The summed E-state index contributed by atoms with van der Waals surface area (Å²) in [5, 5.41) is 9.61. The van der Waals surface area contributed by atoms with Gasteiger partial charge in [0.2, 0.25) is 0 Å². The number of hydrogen-bond donors (Lipinski definition) is 2. The zero-order valence-electron chi connectivity index (χ0n) is 14.0. The first-order valence-corrected chi connectivity index (χ1v) is 8.07. The van der Waals surface area contributed by atoms with Crippen LogP contribution >= 0.6 is 0 Å². The molecule has 0 radical (unpaired) electrons. The normalized spacial score (nSPS) is 11.8. The van der Waals surface area contributed by atoms with Crippen molar-refractivity contribution in [2.45, 2.75) is 6.18 Å². The van der Waals surface area contributed by atoms with Crippen molar-refractivity contribution in [1.29, 1.82) is 0 Å². The first kappa shape index (κ1) is 17.9. The Bertz CT molecular complexity index is 1170. The maximum atomic E-state index is 13.8. The van der Waals surface area contributed by atoms with E-state index < -0.39 is 23.4 Å². The van der Waals surface area contributed by atoms with E-state index >= 15 is 0 Å². The number of nitrogens with one attached hydrogen (secondary N) is 2. The summed E-state index contributed by atoms with van der Waals surface area (Å²) in [5.74, 6) is -1.31. The fourth-order valence-corrected chi connectivity index (χ4v) is 2.85. The van der Waals surface area contributed by atoms with Crippen LogP contribution in [0.2, 0.25) is 0 Å². The molecule has 0 saturated carbocycles. The minimum atomic E-state index is -4.52. The number of fused-ring (bicyclic) bond motifs is 1. The zero-order valence-corrected chi connectivity index (χ0v) is 14.0. The summed E-state index contributed by atoms with van der Waals surface area (Å²) in [6, 6.07) is 11.2. The third kappa shape index (κ3) is 3.26. The fraction of sp³-hybridized carbons (Fsp3) is 0.0526. The molecule has 0 atom stereocenters. The summed E-state index contributed by atoms with van der Waals surface area (Å²) in [6.45, 7) is 0. The van der Waals surface area contributed by atoms with Crippen molar-refractivity contribution in [1.82, 2.24) is 15.2 Å². The van der Waals surface area contributed by atoms with Crippen LogP contribution in [0.1, 0.15) is 5.56 Å². The lowest BCUT2D eigenvalue weighted by Gasteiger charge is -2.11. The fourth-order valence-electron chi connectivity index (χ4n) is 2.85. The lowest BCUT2D eigenvalue weighted by molar-refractivity contribution is -0.137. The van der Waals surface area contributed by atoms with Gasteiger partial charge in [0, 0.05) is 17.0 Å². The van der Waals surface area contributed by atoms with Gasteiger partial charge in [0.05, 0.1) is 16.9 Å². The van der Waals surface area contributed by atoms with Gasteiger partial charge in [0.25, 0.3) is 0 Å². The predicted octanol–water partition coefficient (Wildman–Crippen LogP) is 5.67. The van der Waals surface area contributed by atoms with Crippen LogP contribution in [-0.4, -0.2) is 15.2 Å². The van der Waals surface area contributed by atoms with E-state index in [0.717, 1.165) is 18.2 Å². The van der Waals surface area contributed by atoms with Gasteiger partial charge in [-0.05, 0) is 30.3 Å². The largest absolute Gasteiger partial charge is 0.417 e. The third-order valence-corrected chi connectivity index (χ3v) is 4.11. The molecule has 2 aromatic heterocycles. The van der Waals surface area contributed by atoms with E-state index in [0.29, 0.717) is 5.39 Å². The Kier molecular flexibility index (Phi) is 4.21. The van der Waals surface area contributed by atoms with E-state index in [9.17, 15) is 22.0 Å². The first-order valence-electron chi connectivity index (χ1n) is 8.07. The maximum Gasteiger partial charge on any atom is 0.417 e. The highest BCUT2D eigenvalue weighted by molar-refractivity contribution is 5.92. The van der Waals surface area contributed by atoms with E-state index in [2.05, 4.69) is 20.5 Å². The van der Waals surface area contributed by atoms with Crippen LogP contribution in [0.15, 0.2) is 54.6 Å². The average Bonchev–Trinajstić information content (AvgIpc) is 3.06. The first-order chi connectivity index (χ1) is 13.3. The number of H-pyrrole nitrogens is 1. The van der Waals surface area contributed by atoms with Crippen molar-refractivity contribution < 1.29 is 22.0 Å². The summed E-state index contributed by atoms with van der Waals surface area (Å²) >= 11 is 0. The standard InChI is InChI=1S/C19H11F5N4/c20-10-5-7-15(14(21)9-10)25-16-8-6-12-17(27-28-18(12)26-16)11-3-1-2-4-13(11)19(22,23)24/h1-9H,(H2,25,26,27,28). The topological polar surface area (TPSA) is 53.6 Å². The molecule has 2 N–H and O–H groups in total. The van der Waals surface area contributed by atoms with Crippen molar-refractivity contribution in [2.24, 2.45) is 0 Å². The minimum Gasteiger partial charge on any atom is -0.338 e. The second-order valence-electron chi connectivity index (χ2n) is 5.96. The molecule has 4 rings (SSSR count). The molecule has 0 aliphatic rings. The lowest BCUT2D eigenvalue weighted by atomic mass is 10.0. The SMILES string of the molecule is Fc1ccc(Nc2ccc3c(-c4ccccc4C(F)(F)F)[nH]nc3n2)c(F)c1. The van der Waals surface area contributed by atoms with Crippen LogP contribution in [0.5, 0.6) is 0 Å². The molecule has 2 heterocycles. The quantitative estimate of drug-likeness (QED) is 0.444. The monoisotopic (exact) mass is 390 g/mol. The number of benzene rings is 2. The van der Waals surface area contributed by atoms with Crippen molar-refractivity contribution in [3.05, 3.63) is 71.8 Å². The molecule has 0 amide bonds. The highest BCUT2D eigenvalue weighted by Gasteiger charge is 2.34. The lowest BCUT2D eigenvalue weighted by Crippen LogP contribution is -2.07. The highest BCUT2D eigenvalue weighted by Crippen LogP contribution is 2.38. The van der Waals surface area contributed by atoms with Gasteiger partial charge in [-0.3, -0.25) is 5.10 Å². The van der Waals surface area contributed by atoms with Gasteiger partial charge in [0.1, 0.15) is 17.5 Å². The van der Waals surface area contributed by atoms with Gasteiger partial charge in [-0.1, -0.05) is 18.2 Å². The summed E-state index contributed by atoms with van der Waals surface area (Å²) < 4.78 is 66.6. The van der Waals surface area contributed by atoms with Crippen molar-refractivity contribution in [2.75, 3.05) is 5.32 Å². The second-order valence-corrected chi connectivity index (χ2v) is 5.96. The van der Waals surface area contributed by atoms with E-state index in [4.69, 9.17) is 0 Å². The summed E-state index contributed by atoms with van der Waals surface area (Å²) in [6.07, 6.45) is -4.52. The molecule has 0 fully saturated rings. The molecule has 142 valence electrons. The highest BCUT2D eigenvalue weighted by atomic mass is 19.4. The number of aromatic amines is 1. The Labute approximate surface area is 155 Å². The van der Waals surface area contributed by atoms with Gasteiger partial charge < -0.3 is 5.32 Å². The third-order valence-electron chi connectivity index (χ3n) is 4.11. The summed E-state index contributed by atoms with van der Waals surface area (Å²) in [5.41, 5.74) is -0.512. The van der Waals surface area contributed by atoms with Gasteiger partial charge in [-0.25, -0.2) is 13.8 Å². The van der Waals surface area contributed by atoms with Gasteiger partial charge in [-0.2, -0.15) is 18.3 Å². The number of alkyl halides is 3. The molecule has 4 nitrogen and oxygen atoms in total. The van der Waals surface area contributed by atoms with Gasteiger partial charge in [0.15, 0.2) is 5.65 Å². The Morgan fingerprint density at radius 3 is 2.46 bits per heavy atom. The Hall–Kier alpha value is -3.49. The smallest absolute Gasteiger partial charge is 0.338 e. The van der Waals surface area contributed by atoms with E-state index in [1.165, 1.54) is 36.4 Å². The van der Waals surface area contributed by atoms with Crippen LogP contribution in [0, 0.1) is 11.6 Å². The number of nitrogens with zero attached hydrogens (tertiary/aromatic N) is 2. The summed E-state index contributed by atoms with van der Waals surface area (Å²) in [4.78, 5) is 4.18. The number of pyridine rings is 1. The average molecular weight is 390 g/mol. The van der Waals surface area contributed by atoms with Gasteiger partial charge >= 0.3 is 6.18 Å². The van der Waals surface area contributed by atoms with Crippen molar-refractivity contribution >= 4 is 22.5 Å². The molecule has 0 saturated heterocycles. The molecule has 0 unspecified atom stereocenters. The Morgan fingerprint density at radius 1 is 0.929 bits per heavy atom. The minimum absolute atomic E-state index is 0.00595. The predicted molar refractivity (Wildman–Crippen MR) is 94.0 cm³/mol. The second kappa shape index (κ2) is 6.59. The molecule has 2 aromatic carbocycles. The summed E-state index contributed by atoms with van der Waals surface area (Å²) in [7, 11) is 0. The molecular formula is C19H11F5N4. The molecule has 0 aliphatic heterocycles. The molecule has 0 spiro atoms. The molecule has 28 heavy (non-hydrogen) atoms. The van der Waals surface area contributed by atoms with Gasteiger partial charge in [-0.15, -0.1) is 0 Å². The number of halogens is 5. The van der Waals surface area contributed by atoms with Crippen LogP contribution in [0.25, 0.3) is 22.3 Å². The molecule has 4 aromatic rings. The molecule has 9 heteroatoms. The molecule has 0 aliphatic carbocycles. The van der Waals surface area contributed by atoms with E-state index in [1.54, 1.807) is 0 Å². The maximum absolute atomic E-state index is 13.8. The molecule has 0 bridgehead atoms. The van der Waals surface area contributed by atoms with Crippen molar-refractivity contribution in [3.8, 4) is 11.3 Å². The zero-order chi connectivity index (χ0) is 19.9. The number of aromatic nitrogens is 3. The Balaban J connectivity index is 1.74. The molecular weight excluding hydrogens is 379 g/mol. The number of rotatable bonds is 3. The van der Waals surface area contributed by atoms with Crippen LogP contribution in [-0.2, 0) is 6.18 Å². The number of hydrogen-bond acceptors (Lipinski definition) is 3.